The van der Waals surface area contributed by atoms with Gasteiger partial charge < -0.3 is 14.8 Å². The lowest BCUT2D eigenvalue weighted by Gasteiger charge is -2.16. The molecule has 8 heteroatoms. The number of halogens is 2. The van der Waals surface area contributed by atoms with E-state index in [1.807, 2.05) is 31.2 Å². The fourth-order valence-electron chi connectivity index (χ4n) is 3.39. The summed E-state index contributed by atoms with van der Waals surface area (Å²) in [5.74, 6) is 2.69. The van der Waals surface area contributed by atoms with Gasteiger partial charge in [0, 0.05) is 31.3 Å². The summed E-state index contributed by atoms with van der Waals surface area (Å²) in [5, 5.41) is 5.64. The zero-order chi connectivity index (χ0) is 22.1. The normalized spacial score (nSPS) is 12.1. The Bertz CT molecular complexity index is 1240. The summed E-state index contributed by atoms with van der Waals surface area (Å²) in [4.78, 5) is 11.5. The van der Waals surface area contributed by atoms with E-state index in [1.54, 1.807) is 31.6 Å². The van der Waals surface area contributed by atoms with Gasteiger partial charge in [-0.05, 0) is 55.8 Å². The van der Waals surface area contributed by atoms with Crippen molar-refractivity contribution in [3.63, 3.8) is 0 Å². The van der Waals surface area contributed by atoms with Crippen LogP contribution in [0.5, 0.6) is 11.5 Å². The Morgan fingerprint density at radius 1 is 0.935 bits per heavy atom. The van der Waals surface area contributed by atoms with Gasteiger partial charge in [-0.25, -0.2) is 9.97 Å². The Hall–Kier alpha value is -2.54. The van der Waals surface area contributed by atoms with Crippen LogP contribution in [0.3, 0.4) is 0 Å². The van der Waals surface area contributed by atoms with E-state index in [9.17, 15) is 0 Å². The van der Waals surface area contributed by atoms with Gasteiger partial charge in [-0.3, -0.25) is 0 Å². The first-order valence-corrected chi connectivity index (χ1v) is 11.2. The molecule has 0 saturated heterocycles. The third-order valence-electron chi connectivity index (χ3n) is 4.87. The number of thiophene rings is 1. The first-order valence-electron chi connectivity index (χ1n) is 9.61. The number of aryl methyl sites for hydroxylation is 1. The van der Waals surface area contributed by atoms with E-state index in [1.165, 1.54) is 0 Å². The predicted octanol–water partition coefficient (Wildman–Crippen LogP) is 7.16. The van der Waals surface area contributed by atoms with Gasteiger partial charge in [0.05, 0.1) is 25.8 Å². The van der Waals surface area contributed by atoms with Gasteiger partial charge in [0.2, 0.25) is 0 Å². The van der Waals surface area contributed by atoms with Crippen molar-refractivity contribution >= 4 is 51.3 Å². The van der Waals surface area contributed by atoms with Crippen molar-refractivity contribution < 1.29 is 9.47 Å². The van der Waals surface area contributed by atoms with Crippen LogP contribution < -0.4 is 14.8 Å². The second kappa shape index (κ2) is 8.91. The van der Waals surface area contributed by atoms with E-state index in [0.29, 0.717) is 27.4 Å². The van der Waals surface area contributed by atoms with Crippen LogP contribution in [0, 0.1) is 6.92 Å². The molecule has 4 rings (SSSR count). The van der Waals surface area contributed by atoms with E-state index in [-0.39, 0.29) is 6.04 Å². The molecule has 0 bridgehead atoms. The summed E-state index contributed by atoms with van der Waals surface area (Å²) in [6, 6.07) is 13.5. The van der Waals surface area contributed by atoms with E-state index in [2.05, 4.69) is 34.3 Å². The summed E-state index contributed by atoms with van der Waals surface area (Å²) in [6.45, 7) is 3.97. The van der Waals surface area contributed by atoms with Crippen molar-refractivity contribution in [3.8, 4) is 21.9 Å². The molecular weight excluding hydrogens is 453 g/mol. The number of aromatic nitrogens is 2. The van der Waals surface area contributed by atoms with Crippen LogP contribution >= 0.6 is 34.5 Å². The molecule has 1 unspecified atom stereocenters. The maximum atomic E-state index is 6.17. The van der Waals surface area contributed by atoms with Crippen molar-refractivity contribution in [2.75, 3.05) is 19.5 Å². The van der Waals surface area contributed by atoms with Crippen LogP contribution in [0.4, 0.5) is 5.82 Å². The summed E-state index contributed by atoms with van der Waals surface area (Å²) in [6.07, 6.45) is 0. The predicted molar refractivity (Wildman–Crippen MR) is 129 cm³/mol. The van der Waals surface area contributed by atoms with Crippen LogP contribution in [0.25, 0.3) is 21.3 Å². The minimum atomic E-state index is 0.0269. The molecule has 2 aromatic heterocycles. The van der Waals surface area contributed by atoms with Crippen LogP contribution in [-0.4, -0.2) is 24.2 Å². The average molecular weight is 474 g/mol. The first-order chi connectivity index (χ1) is 14.9. The van der Waals surface area contributed by atoms with Crippen molar-refractivity contribution in [1.29, 1.82) is 0 Å². The Morgan fingerprint density at radius 2 is 1.61 bits per heavy atom. The topological polar surface area (TPSA) is 56.3 Å². The molecule has 0 radical (unpaired) electrons. The highest BCUT2D eigenvalue weighted by Crippen LogP contribution is 2.37. The second-order valence-corrected chi connectivity index (χ2v) is 9.06. The van der Waals surface area contributed by atoms with Crippen LogP contribution in [-0.2, 0) is 0 Å². The third-order valence-corrected chi connectivity index (χ3v) is 6.62. The lowest BCUT2D eigenvalue weighted by atomic mass is 10.1. The number of nitrogens with one attached hydrogen (secondary N) is 1. The fraction of sp³-hybridized carbons (Fsp3) is 0.217. The maximum Gasteiger partial charge on any atom is 0.162 e. The zero-order valence-electron chi connectivity index (χ0n) is 17.5. The van der Waals surface area contributed by atoms with Crippen molar-refractivity contribution in [2.45, 2.75) is 19.9 Å². The number of rotatable bonds is 6. The summed E-state index contributed by atoms with van der Waals surface area (Å²) in [7, 11) is 3.23. The molecule has 0 aliphatic carbocycles. The minimum absolute atomic E-state index is 0.0269. The monoisotopic (exact) mass is 473 g/mol. The molecular formula is C23H21Cl2N3O2S. The van der Waals surface area contributed by atoms with Crippen LogP contribution in [0.15, 0.2) is 42.5 Å². The van der Waals surface area contributed by atoms with Gasteiger partial charge in [-0.15, -0.1) is 11.3 Å². The van der Waals surface area contributed by atoms with Gasteiger partial charge in [-0.1, -0.05) is 23.2 Å². The number of hydrogen-bond acceptors (Lipinski definition) is 6. The minimum Gasteiger partial charge on any atom is -0.493 e. The lowest BCUT2D eigenvalue weighted by molar-refractivity contribution is 0.356. The molecule has 0 fully saturated rings. The summed E-state index contributed by atoms with van der Waals surface area (Å²) in [5.41, 5.74) is 1.79. The molecule has 1 atom stereocenters. The molecule has 2 aromatic carbocycles. The maximum absolute atomic E-state index is 6.17. The smallest absolute Gasteiger partial charge is 0.162 e. The number of fused-ring (bicyclic) bond motifs is 1. The molecule has 0 spiro atoms. The number of methoxy groups -OCH3 is 2. The summed E-state index contributed by atoms with van der Waals surface area (Å²) >= 11 is 14.0. The van der Waals surface area contributed by atoms with E-state index >= 15 is 0 Å². The van der Waals surface area contributed by atoms with Gasteiger partial charge in [0.15, 0.2) is 11.5 Å². The van der Waals surface area contributed by atoms with Gasteiger partial charge in [0.25, 0.3) is 0 Å². The largest absolute Gasteiger partial charge is 0.493 e. The standard InChI is InChI=1S/C23H21Cl2N3O2S/c1-12(21-5-6-22(31-21)14-7-15(24)9-16(25)8-14)26-23-17-10-19(29-3)20(30-4)11-18(17)27-13(2)28-23/h5-12H,1-4H3,(H,26,27,28). The van der Waals surface area contributed by atoms with Gasteiger partial charge in [-0.2, -0.15) is 0 Å². The Balaban J connectivity index is 1.67. The zero-order valence-corrected chi connectivity index (χ0v) is 19.8. The molecule has 2 heterocycles. The molecule has 4 aromatic rings. The Kier molecular flexibility index (Phi) is 6.23. The quantitative estimate of drug-likeness (QED) is 0.321. The number of benzene rings is 2. The Morgan fingerprint density at radius 3 is 2.29 bits per heavy atom. The highest BCUT2D eigenvalue weighted by molar-refractivity contribution is 7.15. The molecule has 0 amide bonds. The van der Waals surface area contributed by atoms with E-state index < -0.39 is 0 Å². The number of ether oxygens (including phenoxy) is 2. The molecule has 31 heavy (non-hydrogen) atoms. The second-order valence-electron chi connectivity index (χ2n) is 7.07. The van der Waals surface area contributed by atoms with Crippen molar-refractivity contribution in [1.82, 2.24) is 9.97 Å². The molecule has 160 valence electrons. The molecule has 5 nitrogen and oxygen atoms in total. The van der Waals surface area contributed by atoms with Gasteiger partial charge in [0.1, 0.15) is 11.6 Å². The Labute approximate surface area is 195 Å². The number of hydrogen-bond donors (Lipinski definition) is 1. The van der Waals surface area contributed by atoms with E-state index in [0.717, 1.165) is 32.0 Å². The highest BCUT2D eigenvalue weighted by Gasteiger charge is 2.16. The van der Waals surface area contributed by atoms with Crippen LogP contribution in [0.2, 0.25) is 10.0 Å². The summed E-state index contributed by atoms with van der Waals surface area (Å²) < 4.78 is 10.9. The van der Waals surface area contributed by atoms with Gasteiger partial charge >= 0.3 is 0 Å². The van der Waals surface area contributed by atoms with E-state index in [4.69, 9.17) is 32.7 Å². The highest BCUT2D eigenvalue weighted by atomic mass is 35.5. The molecule has 0 saturated carbocycles. The first kappa shape index (κ1) is 21.7. The SMILES string of the molecule is COc1cc2nc(C)nc(NC(C)c3ccc(-c4cc(Cl)cc(Cl)c4)s3)c2cc1OC. The molecule has 1 N–H and O–H groups in total. The van der Waals surface area contributed by atoms with Crippen molar-refractivity contribution in [3.05, 3.63) is 63.2 Å². The van der Waals surface area contributed by atoms with Crippen molar-refractivity contribution in [2.24, 2.45) is 0 Å². The number of nitrogens with zero attached hydrogens (tertiary/aromatic N) is 2. The third kappa shape index (κ3) is 4.56. The lowest BCUT2D eigenvalue weighted by Crippen LogP contribution is -2.08. The molecule has 0 aliphatic heterocycles. The number of anilines is 1. The van der Waals surface area contributed by atoms with Crippen LogP contribution in [0.1, 0.15) is 23.7 Å². The average Bonchev–Trinajstić information content (AvgIpc) is 3.22. The molecule has 0 aliphatic rings. The fourth-order valence-corrected chi connectivity index (χ4v) is 4.92.